The third-order valence-corrected chi connectivity index (χ3v) is 3.83. The van der Waals surface area contributed by atoms with Gasteiger partial charge in [0.1, 0.15) is 17.3 Å². The number of halogens is 4. The molecule has 0 radical (unpaired) electrons. The zero-order chi connectivity index (χ0) is 21.0. The number of aromatic amines is 1. The summed E-state index contributed by atoms with van der Waals surface area (Å²) in [6.07, 6.45) is -2.35. The Morgan fingerprint density at radius 1 is 1.10 bits per heavy atom. The summed E-state index contributed by atoms with van der Waals surface area (Å²) in [5.74, 6) is -1.82. The van der Waals surface area contributed by atoms with Crippen LogP contribution in [0.15, 0.2) is 65.7 Å². The van der Waals surface area contributed by atoms with Gasteiger partial charge in [0.05, 0.1) is 11.6 Å². The summed E-state index contributed by atoms with van der Waals surface area (Å²) in [5, 5.41) is 2.57. The van der Waals surface area contributed by atoms with Crippen molar-refractivity contribution in [2.75, 3.05) is 0 Å². The highest BCUT2D eigenvalue weighted by Crippen LogP contribution is 2.27. The molecule has 0 spiro atoms. The monoisotopic (exact) mass is 407 g/mol. The Labute approximate surface area is 161 Å². The minimum atomic E-state index is -4.85. The number of ether oxygens (including phenoxy) is 1. The van der Waals surface area contributed by atoms with Gasteiger partial charge in [-0.05, 0) is 35.9 Å². The van der Waals surface area contributed by atoms with E-state index in [1.807, 2.05) is 0 Å². The van der Waals surface area contributed by atoms with Crippen LogP contribution in [0.3, 0.4) is 0 Å². The summed E-state index contributed by atoms with van der Waals surface area (Å²) in [7, 11) is 0. The van der Waals surface area contributed by atoms with Gasteiger partial charge in [0.2, 0.25) is 5.56 Å². The Hall–Kier alpha value is -3.69. The number of pyridine rings is 2. The number of hydrogen-bond acceptors (Lipinski definition) is 4. The Morgan fingerprint density at radius 2 is 1.83 bits per heavy atom. The SMILES string of the molecule is O=C(N[C@@H](c1ccc(OC(F)(F)F)cc1)c1ncccc1F)c1ccc(=O)[nH]c1. The third kappa shape index (κ3) is 5.18. The first-order valence-corrected chi connectivity index (χ1v) is 8.18. The first-order valence-electron chi connectivity index (χ1n) is 8.18. The lowest BCUT2D eigenvalue weighted by Gasteiger charge is -2.20. The molecule has 2 N–H and O–H groups in total. The van der Waals surface area contributed by atoms with E-state index in [2.05, 4.69) is 20.0 Å². The maximum atomic E-state index is 14.3. The second-order valence-corrected chi connectivity index (χ2v) is 5.84. The maximum Gasteiger partial charge on any atom is 0.573 e. The van der Waals surface area contributed by atoms with Gasteiger partial charge in [-0.2, -0.15) is 0 Å². The van der Waals surface area contributed by atoms with Crippen LogP contribution in [0.1, 0.15) is 27.7 Å². The molecule has 2 aromatic heterocycles. The van der Waals surface area contributed by atoms with E-state index in [0.717, 1.165) is 24.3 Å². The molecule has 0 saturated carbocycles. The molecule has 1 atom stereocenters. The van der Waals surface area contributed by atoms with Crippen molar-refractivity contribution in [3.8, 4) is 5.75 Å². The molecule has 2 heterocycles. The molecule has 0 aliphatic heterocycles. The number of nitrogens with one attached hydrogen (secondary N) is 2. The number of carbonyl (C=O) groups excluding carboxylic acids is 1. The molecule has 0 saturated heterocycles. The van der Waals surface area contributed by atoms with Gasteiger partial charge in [0, 0.05) is 18.5 Å². The number of amides is 1. The molecule has 3 aromatic rings. The topological polar surface area (TPSA) is 84.1 Å². The van der Waals surface area contributed by atoms with Crippen LogP contribution in [0.25, 0.3) is 0 Å². The van der Waals surface area contributed by atoms with Gasteiger partial charge in [-0.1, -0.05) is 12.1 Å². The van der Waals surface area contributed by atoms with E-state index in [-0.39, 0.29) is 16.8 Å². The smallest absolute Gasteiger partial charge is 0.406 e. The highest BCUT2D eigenvalue weighted by molar-refractivity contribution is 5.94. The highest BCUT2D eigenvalue weighted by Gasteiger charge is 2.31. The fourth-order valence-corrected chi connectivity index (χ4v) is 2.55. The fraction of sp³-hybridized carbons (Fsp3) is 0.105. The Morgan fingerprint density at radius 3 is 2.41 bits per heavy atom. The van der Waals surface area contributed by atoms with Crippen molar-refractivity contribution in [2.45, 2.75) is 12.4 Å². The number of benzene rings is 1. The molecule has 150 valence electrons. The molecule has 0 bridgehead atoms. The molecule has 3 rings (SSSR count). The number of rotatable bonds is 5. The lowest BCUT2D eigenvalue weighted by atomic mass is 10.0. The number of hydrogen-bond donors (Lipinski definition) is 2. The predicted octanol–water partition coefficient (Wildman–Crippen LogP) is 3.33. The largest absolute Gasteiger partial charge is 0.573 e. The van der Waals surface area contributed by atoms with Crippen LogP contribution >= 0.6 is 0 Å². The van der Waals surface area contributed by atoms with E-state index >= 15 is 0 Å². The van der Waals surface area contributed by atoms with Crippen molar-refractivity contribution in [2.24, 2.45) is 0 Å². The van der Waals surface area contributed by atoms with Crippen molar-refractivity contribution in [3.63, 3.8) is 0 Å². The lowest BCUT2D eigenvalue weighted by molar-refractivity contribution is -0.274. The van der Waals surface area contributed by atoms with Gasteiger partial charge in [-0.15, -0.1) is 13.2 Å². The van der Waals surface area contributed by atoms with E-state index < -0.39 is 35.4 Å². The number of alkyl halides is 3. The quantitative estimate of drug-likeness (QED) is 0.636. The van der Waals surface area contributed by atoms with Crippen molar-refractivity contribution in [3.05, 3.63) is 93.9 Å². The molecule has 29 heavy (non-hydrogen) atoms. The second kappa shape index (κ2) is 8.13. The second-order valence-electron chi connectivity index (χ2n) is 5.84. The highest BCUT2D eigenvalue weighted by atomic mass is 19.4. The van der Waals surface area contributed by atoms with Crippen molar-refractivity contribution in [1.29, 1.82) is 0 Å². The van der Waals surface area contributed by atoms with Gasteiger partial charge >= 0.3 is 6.36 Å². The van der Waals surface area contributed by atoms with E-state index in [1.165, 1.54) is 36.7 Å². The summed E-state index contributed by atoms with van der Waals surface area (Å²) in [6.45, 7) is 0. The van der Waals surface area contributed by atoms with Crippen molar-refractivity contribution in [1.82, 2.24) is 15.3 Å². The van der Waals surface area contributed by atoms with Gasteiger partial charge in [0.25, 0.3) is 5.91 Å². The molecule has 0 unspecified atom stereocenters. The normalized spacial score (nSPS) is 12.3. The zero-order valence-electron chi connectivity index (χ0n) is 14.5. The molecule has 1 aromatic carbocycles. The molecule has 0 fully saturated rings. The number of carbonyl (C=O) groups is 1. The average molecular weight is 407 g/mol. The summed E-state index contributed by atoms with van der Waals surface area (Å²) in [6, 6.07) is 8.43. The van der Waals surface area contributed by atoms with Gasteiger partial charge in [0.15, 0.2) is 0 Å². The number of aromatic nitrogens is 2. The summed E-state index contributed by atoms with van der Waals surface area (Å²) < 4.78 is 55.1. The lowest BCUT2D eigenvalue weighted by Crippen LogP contribution is -2.31. The first kappa shape index (κ1) is 20.1. The maximum absolute atomic E-state index is 14.3. The molecular weight excluding hydrogens is 394 g/mol. The molecule has 6 nitrogen and oxygen atoms in total. The van der Waals surface area contributed by atoms with E-state index in [9.17, 15) is 27.2 Å². The van der Waals surface area contributed by atoms with E-state index in [1.54, 1.807) is 0 Å². The van der Waals surface area contributed by atoms with Crippen LogP contribution in [-0.4, -0.2) is 22.2 Å². The average Bonchev–Trinajstić information content (AvgIpc) is 2.67. The van der Waals surface area contributed by atoms with E-state index in [0.29, 0.717) is 0 Å². The van der Waals surface area contributed by atoms with Crippen molar-refractivity contribution < 1.29 is 27.1 Å². The molecular formula is C19H13F4N3O3. The summed E-state index contributed by atoms with van der Waals surface area (Å²) in [4.78, 5) is 30.0. The van der Waals surface area contributed by atoms with Gasteiger partial charge < -0.3 is 15.0 Å². The zero-order valence-corrected chi connectivity index (χ0v) is 14.5. The van der Waals surface area contributed by atoms with Crippen LogP contribution in [0.5, 0.6) is 5.75 Å². The van der Waals surface area contributed by atoms with Gasteiger partial charge in [-0.25, -0.2) is 4.39 Å². The summed E-state index contributed by atoms with van der Waals surface area (Å²) >= 11 is 0. The predicted molar refractivity (Wildman–Crippen MR) is 93.7 cm³/mol. The molecule has 0 aliphatic rings. The van der Waals surface area contributed by atoms with Crippen LogP contribution in [-0.2, 0) is 0 Å². The number of H-pyrrole nitrogens is 1. The van der Waals surface area contributed by atoms with Crippen LogP contribution in [0.4, 0.5) is 17.6 Å². The minimum absolute atomic E-state index is 0.1000. The number of nitrogens with zero attached hydrogens (tertiary/aromatic N) is 1. The molecule has 10 heteroatoms. The molecule has 0 aliphatic carbocycles. The Kier molecular flexibility index (Phi) is 5.62. The fourth-order valence-electron chi connectivity index (χ4n) is 2.55. The van der Waals surface area contributed by atoms with Crippen LogP contribution in [0.2, 0.25) is 0 Å². The minimum Gasteiger partial charge on any atom is -0.406 e. The standard InChI is InChI=1S/C19H13F4N3O3/c20-14-2-1-9-24-17(14)16(26-18(28)12-5-8-15(27)25-10-12)11-3-6-13(7-4-11)29-19(21,22)23/h1-10,16H,(H,25,27)(H,26,28)/t16-/m0/s1. The van der Waals surface area contributed by atoms with Crippen molar-refractivity contribution >= 4 is 5.91 Å². The molecule has 1 amide bonds. The summed E-state index contributed by atoms with van der Waals surface area (Å²) in [5.41, 5.74) is -0.165. The van der Waals surface area contributed by atoms with Crippen LogP contribution in [0, 0.1) is 5.82 Å². The van der Waals surface area contributed by atoms with E-state index in [4.69, 9.17) is 0 Å². The Bertz CT molecular complexity index is 1040. The van der Waals surface area contributed by atoms with Crippen LogP contribution < -0.4 is 15.6 Å². The van der Waals surface area contributed by atoms with Gasteiger partial charge in [-0.3, -0.25) is 14.6 Å². The Balaban J connectivity index is 1.93. The third-order valence-electron chi connectivity index (χ3n) is 3.83. The first-order chi connectivity index (χ1) is 13.7.